The van der Waals surface area contributed by atoms with Gasteiger partial charge in [0, 0.05) is 33.3 Å². The number of ether oxygens (including phenoxy) is 1. The first-order chi connectivity index (χ1) is 7.83. The molecule has 0 rings (SSSR count). The highest BCUT2D eigenvalue weighted by Crippen LogP contribution is 2.06. The van der Waals surface area contributed by atoms with Crippen molar-refractivity contribution in [1.82, 2.24) is 9.03 Å². The van der Waals surface area contributed by atoms with Crippen molar-refractivity contribution in [2.75, 3.05) is 33.9 Å². The average Bonchev–Trinajstić information content (AvgIpc) is 2.23. The fraction of sp³-hybridized carbons (Fsp3) is 1.00. The van der Waals surface area contributed by atoms with Crippen LogP contribution in [0.2, 0.25) is 0 Å². The molecule has 0 aromatic rings. The molecule has 0 heterocycles. The second-order valence-electron chi connectivity index (χ2n) is 4.50. The molecule has 0 bridgehead atoms. The van der Waals surface area contributed by atoms with E-state index >= 15 is 0 Å². The van der Waals surface area contributed by atoms with Crippen molar-refractivity contribution in [3.05, 3.63) is 0 Å². The monoisotopic (exact) mass is 303 g/mol. The van der Waals surface area contributed by atoms with E-state index in [2.05, 4.69) is 4.72 Å². The summed E-state index contributed by atoms with van der Waals surface area (Å²) in [5.74, 6) is 0.399. The summed E-state index contributed by atoms with van der Waals surface area (Å²) in [6.07, 6.45) is 0.730. The van der Waals surface area contributed by atoms with Crippen LogP contribution >= 0.6 is 12.4 Å². The Labute approximate surface area is 117 Å². The Bertz CT molecular complexity index is 299. The van der Waals surface area contributed by atoms with Crippen molar-refractivity contribution >= 4 is 22.6 Å². The Hall–Kier alpha value is 0.0800. The number of nitrogens with zero attached hydrogens (tertiary/aromatic N) is 1. The number of hydrogen-bond acceptors (Lipinski definition) is 4. The zero-order valence-corrected chi connectivity index (χ0v) is 13.2. The Kier molecular flexibility index (Phi) is 11.3. The lowest BCUT2D eigenvalue weighted by molar-refractivity contribution is 0.184. The number of methoxy groups -OCH3 is 1. The van der Waals surface area contributed by atoms with Crippen molar-refractivity contribution in [3.63, 3.8) is 0 Å². The van der Waals surface area contributed by atoms with Crippen molar-refractivity contribution in [2.45, 2.75) is 26.3 Å². The lowest BCUT2D eigenvalue weighted by Crippen LogP contribution is -2.47. The summed E-state index contributed by atoms with van der Waals surface area (Å²) in [4.78, 5) is 0. The predicted molar refractivity (Wildman–Crippen MR) is 76.1 cm³/mol. The maximum Gasteiger partial charge on any atom is 0.279 e. The Morgan fingerprint density at radius 2 is 1.94 bits per heavy atom. The van der Waals surface area contributed by atoms with Crippen molar-refractivity contribution in [3.8, 4) is 0 Å². The molecular formula is C10H26ClN3O3S. The molecule has 0 aliphatic carbocycles. The molecular weight excluding hydrogens is 278 g/mol. The van der Waals surface area contributed by atoms with Gasteiger partial charge in [0.15, 0.2) is 0 Å². The van der Waals surface area contributed by atoms with E-state index in [0.717, 1.165) is 6.42 Å². The van der Waals surface area contributed by atoms with Crippen molar-refractivity contribution < 1.29 is 13.2 Å². The number of nitrogens with two attached hydrogens (primary N) is 1. The Balaban J connectivity index is 0. The van der Waals surface area contributed by atoms with E-state index in [4.69, 9.17) is 10.5 Å². The number of hydrogen-bond donors (Lipinski definition) is 2. The standard InChI is InChI=1S/C10H25N3O3S.ClH/c1-9(2)7-10(8-11)12-17(14,15)13(3)5-6-16-4;/h9-10,12H,5-8,11H2,1-4H3;1H. The number of rotatable bonds is 9. The number of likely N-dealkylation sites (N-methyl/N-ethyl adjacent to an activating group) is 1. The first-order valence-electron chi connectivity index (χ1n) is 5.76. The SMILES string of the molecule is COCCN(C)S(=O)(=O)NC(CN)CC(C)C.Cl. The summed E-state index contributed by atoms with van der Waals surface area (Å²) in [5.41, 5.74) is 5.56. The van der Waals surface area contributed by atoms with Gasteiger partial charge >= 0.3 is 0 Å². The summed E-state index contributed by atoms with van der Waals surface area (Å²) in [7, 11) is -0.411. The van der Waals surface area contributed by atoms with Gasteiger partial charge in [-0.3, -0.25) is 0 Å². The number of nitrogens with one attached hydrogen (secondary N) is 1. The molecule has 1 unspecified atom stereocenters. The molecule has 0 aliphatic heterocycles. The van der Waals surface area contributed by atoms with Gasteiger partial charge < -0.3 is 10.5 Å². The molecule has 6 nitrogen and oxygen atoms in total. The van der Waals surface area contributed by atoms with E-state index in [1.807, 2.05) is 13.8 Å². The zero-order chi connectivity index (χ0) is 13.5. The molecule has 8 heteroatoms. The first kappa shape index (κ1) is 20.4. The van der Waals surface area contributed by atoms with Gasteiger partial charge in [0.05, 0.1) is 6.61 Å². The van der Waals surface area contributed by atoms with Crippen LogP contribution in [-0.2, 0) is 14.9 Å². The third-order valence-electron chi connectivity index (χ3n) is 2.38. The molecule has 0 aromatic carbocycles. The maximum atomic E-state index is 11.9. The van der Waals surface area contributed by atoms with Crippen LogP contribution in [-0.4, -0.2) is 52.6 Å². The van der Waals surface area contributed by atoms with Gasteiger partial charge in [0.1, 0.15) is 0 Å². The summed E-state index contributed by atoms with van der Waals surface area (Å²) in [6, 6.07) is -0.218. The molecule has 0 saturated heterocycles. The topological polar surface area (TPSA) is 84.7 Å². The van der Waals surface area contributed by atoms with Gasteiger partial charge in [-0.2, -0.15) is 17.4 Å². The normalized spacial score (nSPS) is 13.7. The van der Waals surface area contributed by atoms with E-state index in [1.54, 1.807) is 0 Å². The van der Waals surface area contributed by atoms with E-state index in [1.165, 1.54) is 18.5 Å². The van der Waals surface area contributed by atoms with Crippen LogP contribution in [0.4, 0.5) is 0 Å². The molecule has 0 radical (unpaired) electrons. The summed E-state index contributed by atoms with van der Waals surface area (Å²) in [6.45, 7) is 5.06. The second kappa shape index (κ2) is 9.94. The highest BCUT2D eigenvalue weighted by Gasteiger charge is 2.21. The fourth-order valence-corrected chi connectivity index (χ4v) is 2.51. The minimum absolute atomic E-state index is 0. The van der Waals surface area contributed by atoms with Crippen LogP contribution in [0.3, 0.4) is 0 Å². The van der Waals surface area contributed by atoms with Crippen LogP contribution in [0, 0.1) is 5.92 Å². The van der Waals surface area contributed by atoms with E-state index in [9.17, 15) is 8.42 Å². The molecule has 0 aromatic heterocycles. The number of halogens is 1. The van der Waals surface area contributed by atoms with Crippen LogP contribution in [0.15, 0.2) is 0 Å². The predicted octanol–water partition coefficient (Wildman–Crippen LogP) is 0.194. The highest BCUT2D eigenvalue weighted by molar-refractivity contribution is 7.87. The lowest BCUT2D eigenvalue weighted by Gasteiger charge is -2.23. The molecule has 0 fully saturated rings. The van der Waals surface area contributed by atoms with Crippen LogP contribution in [0.5, 0.6) is 0 Å². The lowest BCUT2D eigenvalue weighted by atomic mass is 10.1. The van der Waals surface area contributed by atoms with Gasteiger partial charge in [-0.15, -0.1) is 12.4 Å². The third-order valence-corrected chi connectivity index (χ3v) is 4.01. The van der Waals surface area contributed by atoms with E-state index in [0.29, 0.717) is 25.6 Å². The molecule has 18 heavy (non-hydrogen) atoms. The first-order valence-corrected chi connectivity index (χ1v) is 7.20. The molecule has 1 atom stereocenters. The van der Waals surface area contributed by atoms with Gasteiger partial charge in [0.25, 0.3) is 10.2 Å². The third kappa shape index (κ3) is 8.23. The minimum Gasteiger partial charge on any atom is -0.383 e. The second-order valence-corrected chi connectivity index (χ2v) is 6.31. The van der Waals surface area contributed by atoms with Crippen LogP contribution in [0.1, 0.15) is 20.3 Å². The fourth-order valence-electron chi connectivity index (χ4n) is 1.40. The van der Waals surface area contributed by atoms with Gasteiger partial charge in [-0.1, -0.05) is 13.8 Å². The van der Waals surface area contributed by atoms with Crippen LogP contribution < -0.4 is 10.5 Å². The average molecular weight is 304 g/mol. The molecule has 0 amide bonds. The molecule has 0 spiro atoms. The quantitative estimate of drug-likeness (QED) is 0.637. The summed E-state index contributed by atoms with van der Waals surface area (Å²) in [5, 5.41) is 0. The Morgan fingerprint density at radius 1 is 1.39 bits per heavy atom. The summed E-state index contributed by atoms with van der Waals surface area (Å²) < 4.78 is 32.5. The van der Waals surface area contributed by atoms with Crippen molar-refractivity contribution in [1.29, 1.82) is 0 Å². The van der Waals surface area contributed by atoms with E-state index in [-0.39, 0.29) is 18.4 Å². The van der Waals surface area contributed by atoms with Crippen molar-refractivity contribution in [2.24, 2.45) is 11.7 Å². The molecule has 0 saturated carbocycles. The van der Waals surface area contributed by atoms with E-state index < -0.39 is 10.2 Å². The highest BCUT2D eigenvalue weighted by atomic mass is 35.5. The summed E-state index contributed by atoms with van der Waals surface area (Å²) >= 11 is 0. The smallest absolute Gasteiger partial charge is 0.279 e. The molecule has 0 aliphatic rings. The minimum atomic E-state index is -3.47. The molecule has 3 N–H and O–H groups in total. The molecule has 112 valence electrons. The van der Waals surface area contributed by atoms with Gasteiger partial charge in [-0.05, 0) is 12.3 Å². The van der Waals surface area contributed by atoms with Gasteiger partial charge in [0.2, 0.25) is 0 Å². The maximum absolute atomic E-state index is 11.9. The Morgan fingerprint density at radius 3 is 2.33 bits per heavy atom. The zero-order valence-electron chi connectivity index (χ0n) is 11.5. The van der Waals surface area contributed by atoms with Crippen LogP contribution in [0.25, 0.3) is 0 Å². The largest absolute Gasteiger partial charge is 0.383 e. The van der Waals surface area contributed by atoms with Gasteiger partial charge in [-0.25, -0.2) is 0 Å².